The smallest absolute Gasteiger partial charge is 0.240 e. The monoisotopic (exact) mass is 552 g/mol. The maximum atomic E-state index is 14.5. The number of amides is 1. The molecule has 2 bridgehead atoms. The average Bonchev–Trinajstić information content (AvgIpc) is 3.56. The summed E-state index contributed by atoms with van der Waals surface area (Å²) in [6.45, 7) is 0.932. The van der Waals surface area contributed by atoms with Crippen molar-refractivity contribution in [2.45, 2.75) is 127 Å². The summed E-state index contributed by atoms with van der Waals surface area (Å²) in [6.07, 6.45) is 19.4. The Labute approximate surface area is 238 Å². The Kier molecular flexibility index (Phi) is 8.29. The third-order valence-corrected chi connectivity index (χ3v) is 10.7. The molecule has 1 aromatic heterocycles. The van der Waals surface area contributed by atoms with Gasteiger partial charge in [-0.25, -0.2) is 4.98 Å². The summed E-state index contributed by atoms with van der Waals surface area (Å²) in [5.41, 5.74) is 7.56. The largest absolute Gasteiger partial charge is 0.335 e. The number of nitrogens with one attached hydrogen (secondary N) is 1. The molecule has 1 aromatic carbocycles. The van der Waals surface area contributed by atoms with Crippen molar-refractivity contribution in [3.05, 3.63) is 47.5 Å². The number of hydrogen-bond donors (Lipinski definition) is 2. The predicted octanol–water partition coefficient (Wildman–Crippen LogP) is 5.12. The molecule has 2 saturated carbocycles. The van der Waals surface area contributed by atoms with Crippen molar-refractivity contribution in [1.29, 1.82) is 0 Å². The van der Waals surface area contributed by atoms with Crippen LogP contribution in [0, 0.1) is 11.3 Å². The lowest BCUT2D eigenvalue weighted by Gasteiger charge is -2.52. The van der Waals surface area contributed by atoms with Gasteiger partial charge in [0.15, 0.2) is 0 Å². The lowest BCUT2D eigenvalue weighted by molar-refractivity contribution is -0.143. The fourth-order valence-electron chi connectivity index (χ4n) is 8.51. The van der Waals surface area contributed by atoms with Crippen molar-refractivity contribution in [2.75, 3.05) is 0 Å². The standard InChI is InChI=1S/C31H45ClN6O/c32-24-8-6-22(7-9-24)16-29(36-26-12-10-25(33)11-13-26)30(39)38-27-14-15-28(38)18-31(17-27,19-37-21-34-20-35-37)23-4-2-1-3-5-23/h6-9,20-21,23,25-29,36H,1-5,10-19,33H2/t25?,26?,27-,28-,29-/m1/s1. The van der Waals surface area contributed by atoms with Crippen molar-refractivity contribution in [3.8, 4) is 0 Å². The Morgan fingerprint density at radius 3 is 2.33 bits per heavy atom. The van der Waals surface area contributed by atoms with Crippen molar-refractivity contribution in [3.63, 3.8) is 0 Å². The number of nitrogens with zero attached hydrogens (tertiary/aromatic N) is 4. The van der Waals surface area contributed by atoms with Crippen LogP contribution in [0.5, 0.6) is 0 Å². The van der Waals surface area contributed by atoms with E-state index in [4.69, 9.17) is 17.3 Å². The summed E-state index contributed by atoms with van der Waals surface area (Å²) in [5.74, 6) is 1.01. The highest BCUT2D eigenvalue weighted by Crippen LogP contribution is 2.54. The van der Waals surface area contributed by atoms with Crippen molar-refractivity contribution < 1.29 is 4.79 Å². The molecule has 2 aromatic rings. The minimum Gasteiger partial charge on any atom is -0.335 e. The molecule has 3 atom stereocenters. The first-order valence-corrected chi connectivity index (χ1v) is 15.8. The molecule has 7 nitrogen and oxygen atoms in total. The lowest BCUT2D eigenvalue weighted by Crippen LogP contribution is -2.59. The third kappa shape index (κ3) is 6.06. The minimum absolute atomic E-state index is 0.204. The van der Waals surface area contributed by atoms with Gasteiger partial charge in [-0.1, -0.05) is 43.0 Å². The number of piperidine rings is 1. The first kappa shape index (κ1) is 27.2. The molecule has 1 amide bonds. The summed E-state index contributed by atoms with van der Waals surface area (Å²) in [7, 11) is 0. The van der Waals surface area contributed by atoms with Crippen molar-refractivity contribution >= 4 is 17.5 Å². The van der Waals surface area contributed by atoms with E-state index in [-0.39, 0.29) is 11.5 Å². The molecule has 2 aliphatic heterocycles. The average molecular weight is 553 g/mol. The molecule has 2 saturated heterocycles. The van der Waals surface area contributed by atoms with Crippen LogP contribution in [-0.4, -0.2) is 55.8 Å². The zero-order valence-electron chi connectivity index (χ0n) is 23.2. The second kappa shape index (κ2) is 11.9. The molecule has 3 N–H and O–H groups in total. The molecular formula is C31H45ClN6O. The minimum atomic E-state index is -0.217. The van der Waals surface area contributed by atoms with E-state index in [0.717, 1.165) is 68.5 Å². The number of aromatic nitrogens is 3. The Bertz CT molecular complexity index is 1060. The van der Waals surface area contributed by atoms with Crippen molar-refractivity contribution in [1.82, 2.24) is 25.0 Å². The number of fused-ring (bicyclic) bond motifs is 2. The molecule has 8 heteroatoms. The van der Waals surface area contributed by atoms with Crippen LogP contribution in [0.2, 0.25) is 5.02 Å². The third-order valence-electron chi connectivity index (χ3n) is 10.4. The van der Waals surface area contributed by atoms with Gasteiger partial charge in [-0.2, -0.15) is 5.10 Å². The summed E-state index contributed by atoms with van der Waals surface area (Å²) >= 11 is 6.18. The van der Waals surface area contributed by atoms with E-state index in [9.17, 15) is 4.79 Å². The summed E-state index contributed by atoms with van der Waals surface area (Å²) in [5, 5.41) is 9.08. The van der Waals surface area contributed by atoms with Crippen LogP contribution >= 0.6 is 11.6 Å². The second-order valence-corrected chi connectivity index (χ2v) is 13.4. The van der Waals surface area contributed by atoms with E-state index < -0.39 is 0 Å². The highest BCUT2D eigenvalue weighted by molar-refractivity contribution is 6.30. The molecule has 39 heavy (non-hydrogen) atoms. The molecule has 0 radical (unpaired) electrons. The van der Waals surface area contributed by atoms with E-state index in [1.54, 1.807) is 6.33 Å². The highest BCUT2D eigenvalue weighted by Gasteiger charge is 2.54. The van der Waals surface area contributed by atoms with Gasteiger partial charge in [0.05, 0.1) is 6.04 Å². The number of carbonyl (C=O) groups is 1. The van der Waals surface area contributed by atoms with Crippen LogP contribution in [0.1, 0.15) is 89.0 Å². The molecule has 3 heterocycles. The van der Waals surface area contributed by atoms with Gasteiger partial charge in [0.1, 0.15) is 12.7 Å². The summed E-state index contributed by atoms with van der Waals surface area (Å²) in [4.78, 5) is 21.0. The SMILES string of the molecule is NC1CCC(N[C@H](Cc2ccc(Cl)cc2)C(=O)N2[C@@H]3CC[C@@H]2CC(Cn2cncn2)(C2CCCCC2)C3)CC1. The second-order valence-electron chi connectivity index (χ2n) is 13.0. The Morgan fingerprint density at radius 2 is 1.69 bits per heavy atom. The number of carbonyl (C=O) groups excluding carboxylic acids is 1. The van der Waals surface area contributed by atoms with Gasteiger partial charge in [-0.05, 0) is 99.7 Å². The van der Waals surface area contributed by atoms with E-state index in [0.29, 0.717) is 42.4 Å². The van der Waals surface area contributed by atoms with Gasteiger partial charge < -0.3 is 16.0 Å². The molecule has 0 spiro atoms. The molecule has 2 aliphatic carbocycles. The fourth-order valence-corrected chi connectivity index (χ4v) is 8.64. The van der Waals surface area contributed by atoms with Gasteiger partial charge in [0.25, 0.3) is 0 Å². The Hall–Kier alpha value is -1.96. The normalized spacial score (nSPS) is 32.3. The van der Waals surface area contributed by atoms with Crippen LogP contribution in [0.25, 0.3) is 0 Å². The van der Waals surface area contributed by atoms with E-state index >= 15 is 0 Å². The zero-order chi connectivity index (χ0) is 26.8. The van der Waals surface area contributed by atoms with Crippen LogP contribution in [0.15, 0.2) is 36.9 Å². The topological polar surface area (TPSA) is 89.1 Å². The van der Waals surface area contributed by atoms with Crippen LogP contribution in [0.3, 0.4) is 0 Å². The summed E-state index contributed by atoms with van der Waals surface area (Å²) in [6, 6.07) is 9.07. The molecule has 6 rings (SSSR count). The van der Waals surface area contributed by atoms with Crippen LogP contribution in [-0.2, 0) is 17.8 Å². The molecular weight excluding hydrogens is 508 g/mol. The quantitative estimate of drug-likeness (QED) is 0.474. The van der Waals surface area contributed by atoms with Gasteiger partial charge in [-0.15, -0.1) is 0 Å². The first-order valence-electron chi connectivity index (χ1n) is 15.4. The lowest BCUT2D eigenvalue weighted by atomic mass is 9.62. The predicted molar refractivity (Wildman–Crippen MR) is 154 cm³/mol. The van der Waals surface area contributed by atoms with E-state index in [1.807, 2.05) is 18.5 Å². The van der Waals surface area contributed by atoms with Crippen LogP contribution in [0.4, 0.5) is 0 Å². The molecule has 4 aliphatic rings. The maximum absolute atomic E-state index is 14.5. The fraction of sp³-hybridized carbons (Fsp3) is 0.710. The number of benzene rings is 1. The molecule has 0 unspecified atom stereocenters. The number of hydrogen-bond acceptors (Lipinski definition) is 5. The van der Waals surface area contributed by atoms with Crippen LogP contribution < -0.4 is 11.1 Å². The maximum Gasteiger partial charge on any atom is 0.240 e. The van der Waals surface area contributed by atoms with E-state index in [1.165, 1.54) is 32.1 Å². The number of nitrogens with two attached hydrogens (primary N) is 1. The van der Waals surface area contributed by atoms with E-state index in [2.05, 4.69) is 37.1 Å². The Morgan fingerprint density at radius 1 is 1.00 bits per heavy atom. The van der Waals surface area contributed by atoms with Crippen molar-refractivity contribution in [2.24, 2.45) is 17.1 Å². The first-order chi connectivity index (χ1) is 19.0. The number of halogens is 1. The highest BCUT2D eigenvalue weighted by atomic mass is 35.5. The van der Waals surface area contributed by atoms with Gasteiger partial charge in [0, 0.05) is 35.7 Å². The Balaban J connectivity index is 1.23. The van der Waals surface area contributed by atoms with Gasteiger partial charge in [-0.3, -0.25) is 9.48 Å². The van der Waals surface area contributed by atoms with Gasteiger partial charge >= 0.3 is 0 Å². The zero-order valence-corrected chi connectivity index (χ0v) is 23.9. The molecule has 4 fully saturated rings. The number of rotatable bonds is 8. The van der Waals surface area contributed by atoms with Gasteiger partial charge in [0.2, 0.25) is 5.91 Å². The summed E-state index contributed by atoms with van der Waals surface area (Å²) < 4.78 is 2.06. The molecule has 212 valence electrons.